The fraction of sp³-hybridized carbons (Fsp3) is 0.0667. The molecule has 0 N–H and O–H groups in total. The van der Waals surface area contributed by atoms with Crippen LogP contribution in [0.15, 0.2) is 48.5 Å². The van der Waals surface area contributed by atoms with Gasteiger partial charge in [-0.3, -0.25) is 10.1 Å². The van der Waals surface area contributed by atoms with Gasteiger partial charge in [-0.15, -0.1) is 6.42 Å². The number of nitro benzene ring substituents is 1. The fourth-order valence-electron chi connectivity index (χ4n) is 1.61. The van der Waals surface area contributed by atoms with Crippen molar-refractivity contribution in [2.24, 2.45) is 0 Å². The Morgan fingerprint density at radius 2 is 1.95 bits per heavy atom. The zero-order chi connectivity index (χ0) is 13.7. The largest absolute Gasteiger partial charge is 0.482 e. The van der Waals surface area contributed by atoms with Crippen molar-refractivity contribution in [2.75, 3.05) is 0 Å². The van der Waals surface area contributed by atoms with Crippen LogP contribution in [0.3, 0.4) is 0 Å². The Hall–Kier alpha value is -2.80. The summed E-state index contributed by atoms with van der Waals surface area (Å²) in [6.45, 7) is 0.275. The molecule has 0 aliphatic heterocycles. The van der Waals surface area contributed by atoms with E-state index in [4.69, 9.17) is 11.2 Å². The number of terminal acetylenes is 1. The van der Waals surface area contributed by atoms with Gasteiger partial charge in [-0.1, -0.05) is 36.3 Å². The molecule has 94 valence electrons. The average molecular weight is 253 g/mol. The van der Waals surface area contributed by atoms with Crippen LogP contribution in [0.2, 0.25) is 0 Å². The van der Waals surface area contributed by atoms with Crippen molar-refractivity contribution >= 4 is 5.69 Å². The number of nitro groups is 1. The molecule has 19 heavy (non-hydrogen) atoms. The van der Waals surface area contributed by atoms with Crippen molar-refractivity contribution in [1.82, 2.24) is 0 Å². The van der Waals surface area contributed by atoms with Gasteiger partial charge < -0.3 is 4.74 Å². The van der Waals surface area contributed by atoms with Crippen LogP contribution < -0.4 is 4.74 Å². The highest BCUT2D eigenvalue weighted by Crippen LogP contribution is 2.28. The first kappa shape index (κ1) is 12.7. The minimum Gasteiger partial charge on any atom is -0.482 e. The summed E-state index contributed by atoms with van der Waals surface area (Å²) in [5.41, 5.74) is 1.28. The lowest BCUT2D eigenvalue weighted by Gasteiger charge is -2.07. The number of ether oxygens (including phenoxy) is 1. The van der Waals surface area contributed by atoms with Gasteiger partial charge in [-0.25, -0.2) is 0 Å². The third kappa shape index (κ3) is 3.11. The van der Waals surface area contributed by atoms with E-state index in [0.29, 0.717) is 5.56 Å². The summed E-state index contributed by atoms with van der Waals surface area (Å²) in [6.07, 6.45) is 5.22. The molecule has 4 nitrogen and oxygen atoms in total. The zero-order valence-corrected chi connectivity index (χ0v) is 10.1. The maximum absolute atomic E-state index is 11.0. The standard InChI is InChI=1S/C15H11NO3/c1-2-12-8-9-15(14(10-12)16(17)18)19-11-13-6-4-3-5-7-13/h1,3-10H,11H2. The summed E-state index contributed by atoms with van der Waals surface area (Å²) in [7, 11) is 0. The van der Waals surface area contributed by atoms with E-state index in [1.54, 1.807) is 6.07 Å². The molecule has 0 radical (unpaired) electrons. The van der Waals surface area contributed by atoms with Gasteiger partial charge in [-0.2, -0.15) is 0 Å². The van der Waals surface area contributed by atoms with Crippen LogP contribution in [0.4, 0.5) is 5.69 Å². The van der Waals surface area contributed by atoms with E-state index in [9.17, 15) is 10.1 Å². The maximum Gasteiger partial charge on any atom is 0.312 e. The average Bonchev–Trinajstić information content (AvgIpc) is 2.46. The monoisotopic (exact) mass is 253 g/mol. The predicted octanol–water partition coefficient (Wildman–Crippen LogP) is 3.16. The van der Waals surface area contributed by atoms with E-state index in [0.717, 1.165) is 5.56 Å². The molecule has 0 atom stereocenters. The minimum atomic E-state index is -0.499. The van der Waals surface area contributed by atoms with Crippen LogP contribution >= 0.6 is 0 Å². The summed E-state index contributed by atoms with van der Waals surface area (Å²) in [4.78, 5) is 10.5. The van der Waals surface area contributed by atoms with Gasteiger partial charge in [0.2, 0.25) is 0 Å². The molecule has 0 aromatic heterocycles. The third-order valence-corrected chi connectivity index (χ3v) is 2.56. The molecule has 0 unspecified atom stereocenters. The Balaban J connectivity index is 2.21. The second kappa shape index (κ2) is 5.69. The number of hydrogen-bond acceptors (Lipinski definition) is 3. The van der Waals surface area contributed by atoms with Crippen LogP contribution in [0, 0.1) is 22.5 Å². The van der Waals surface area contributed by atoms with Crippen LogP contribution in [0.25, 0.3) is 0 Å². The van der Waals surface area contributed by atoms with Crippen molar-refractivity contribution in [3.63, 3.8) is 0 Å². The lowest BCUT2D eigenvalue weighted by Crippen LogP contribution is -1.99. The molecule has 0 amide bonds. The molecule has 0 saturated heterocycles. The molecule has 2 rings (SSSR count). The molecular formula is C15H11NO3. The van der Waals surface area contributed by atoms with Crippen LogP contribution in [0.1, 0.15) is 11.1 Å². The molecule has 4 heteroatoms. The molecule has 0 spiro atoms. The first-order valence-corrected chi connectivity index (χ1v) is 5.62. The first-order chi connectivity index (χ1) is 9.20. The quantitative estimate of drug-likeness (QED) is 0.478. The molecule has 0 bridgehead atoms. The van der Waals surface area contributed by atoms with Gasteiger partial charge in [-0.05, 0) is 17.7 Å². The van der Waals surface area contributed by atoms with Gasteiger partial charge in [0.15, 0.2) is 5.75 Å². The second-order valence-corrected chi connectivity index (χ2v) is 3.86. The van der Waals surface area contributed by atoms with Crippen molar-refractivity contribution in [1.29, 1.82) is 0 Å². The van der Waals surface area contributed by atoms with E-state index >= 15 is 0 Å². The van der Waals surface area contributed by atoms with Crippen LogP contribution in [-0.4, -0.2) is 4.92 Å². The number of hydrogen-bond donors (Lipinski definition) is 0. The van der Waals surface area contributed by atoms with Gasteiger partial charge >= 0.3 is 5.69 Å². The lowest BCUT2D eigenvalue weighted by atomic mass is 10.2. The highest BCUT2D eigenvalue weighted by atomic mass is 16.6. The minimum absolute atomic E-state index is 0.119. The topological polar surface area (TPSA) is 52.4 Å². The van der Waals surface area contributed by atoms with E-state index < -0.39 is 4.92 Å². The highest BCUT2D eigenvalue weighted by Gasteiger charge is 2.15. The highest BCUT2D eigenvalue weighted by molar-refractivity contribution is 5.52. The maximum atomic E-state index is 11.0. The molecule has 0 saturated carbocycles. The molecule has 0 heterocycles. The normalized spacial score (nSPS) is 9.63. The van der Waals surface area contributed by atoms with E-state index in [-0.39, 0.29) is 18.0 Å². The first-order valence-electron chi connectivity index (χ1n) is 5.62. The third-order valence-electron chi connectivity index (χ3n) is 2.56. The Morgan fingerprint density at radius 3 is 2.58 bits per heavy atom. The molecular weight excluding hydrogens is 242 g/mol. The van der Waals surface area contributed by atoms with Gasteiger partial charge in [0.25, 0.3) is 0 Å². The number of benzene rings is 2. The molecule has 2 aromatic carbocycles. The Bertz CT molecular complexity index is 630. The molecule has 0 fully saturated rings. The summed E-state index contributed by atoms with van der Waals surface area (Å²) in [6, 6.07) is 13.9. The van der Waals surface area contributed by atoms with Crippen molar-refractivity contribution in [2.45, 2.75) is 6.61 Å². The van der Waals surface area contributed by atoms with E-state index in [1.807, 2.05) is 30.3 Å². The zero-order valence-electron chi connectivity index (χ0n) is 10.1. The Morgan fingerprint density at radius 1 is 1.21 bits per heavy atom. The van der Waals surface area contributed by atoms with Gasteiger partial charge in [0, 0.05) is 11.6 Å². The fourth-order valence-corrected chi connectivity index (χ4v) is 1.61. The summed E-state index contributed by atoms with van der Waals surface area (Å²) >= 11 is 0. The number of rotatable bonds is 4. The van der Waals surface area contributed by atoms with Crippen molar-refractivity contribution in [3.8, 4) is 18.1 Å². The van der Waals surface area contributed by atoms with Gasteiger partial charge in [0.05, 0.1) is 4.92 Å². The Labute approximate surface area is 110 Å². The summed E-state index contributed by atoms with van der Waals surface area (Å²) in [5.74, 6) is 2.58. The number of nitrogens with zero attached hydrogens (tertiary/aromatic N) is 1. The second-order valence-electron chi connectivity index (χ2n) is 3.86. The van der Waals surface area contributed by atoms with Crippen LogP contribution in [-0.2, 0) is 6.61 Å². The van der Waals surface area contributed by atoms with Crippen molar-refractivity contribution in [3.05, 3.63) is 69.8 Å². The summed E-state index contributed by atoms with van der Waals surface area (Å²) < 4.78 is 5.47. The smallest absolute Gasteiger partial charge is 0.312 e. The summed E-state index contributed by atoms with van der Waals surface area (Å²) in [5, 5.41) is 11.0. The molecule has 0 aliphatic rings. The van der Waals surface area contributed by atoms with Crippen LogP contribution in [0.5, 0.6) is 5.75 Å². The molecule has 2 aromatic rings. The SMILES string of the molecule is C#Cc1ccc(OCc2ccccc2)c([N+](=O)[O-])c1. The van der Waals surface area contributed by atoms with Crippen molar-refractivity contribution < 1.29 is 9.66 Å². The lowest BCUT2D eigenvalue weighted by molar-refractivity contribution is -0.386. The predicted molar refractivity (Wildman–Crippen MR) is 71.8 cm³/mol. The van der Waals surface area contributed by atoms with Gasteiger partial charge in [0.1, 0.15) is 6.61 Å². The van der Waals surface area contributed by atoms with E-state index in [2.05, 4.69) is 5.92 Å². The Kier molecular flexibility index (Phi) is 3.79. The van der Waals surface area contributed by atoms with E-state index in [1.165, 1.54) is 12.1 Å². The molecule has 0 aliphatic carbocycles.